The molecular weight excluding hydrogens is 290 g/mol. The van der Waals surface area contributed by atoms with E-state index < -0.39 is 0 Å². The fourth-order valence-electron chi connectivity index (χ4n) is 1.52. The highest BCUT2D eigenvalue weighted by Crippen LogP contribution is 2.15. The number of aliphatic hydroxyl groups is 1. The first-order valence-corrected chi connectivity index (χ1v) is 7.08. The van der Waals surface area contributed by atoms with Crippen molar-refractivity contribution in [1.29, 1.82) is 0 Å². The Hall–Kier alpha value is -2.43. The molecule has 7 heteroatoms. The number of H-pyrrole nitrogens is 1. The molecule has 0 radical (unpaired) electrons. The lowest BCUT2D eigenvalue weighted by molar-refractivity contribution is 0.0945. The molecule has 0 fully saturated rings. The Morgan fingerprint density at radius 1 is 1.43 bits per heavy atom. The molecule has 21 heavy (non-hydrogen) atoms. The van der Waals surface area contributed by atoms with Crippen LogP contribution in [0.5, 0.6) is 0 Å². The maximum atomic E-state index is 11.9. The molecule has 0 aromatic carbocycles. The lowest BCUT2D eigenvalue weighted by atomic mass is 10.2. The Bertz CT molecular complexity index is 719. The van der Waals surface area contributed by atoms with Crippen LogP contribution in [0.4, 0.5) is 0 Å². The zero-order valence-electron chi connectivity index (χ0n) is 11.0. The summed E-state index contributed by atoms with van der Waals surface area (Å²) < 4.78 is 0. The number of carbonyl (C=O) groups excluding carboxylic acids is 1. The Balaban J connectivity index is 1.99. The normalized spacial score (nSPS) is 9.76. The number of aromatic nitrogens is 2. The molecule has 1 amide bonds. The fourth-order valence-corrected chi connectivity index (χ4v) is 2.29. The number of nitrogens with zero attached hydrogens (tertiary/aromatic N) is 1. The number of nitrogens with one attached hydrogen (secondary N) is 2. The van der Waals surface area contributed by atoms with Crippen molar-refractivity contribution < 1.29 is 9.90 Å². The summed E-state index contributed by atoms with van der Waals surface area (Å²) in [5.74, 6) is 5.43. The van der Waals surface area contributed by atoms with Gasteiger partial charge in [0.1, 0.15) is 5.69 Å². The van der Waals surface area contributed by atoms with Crippen LogP contribution in [0.3, 0.4) is 0 Å². The van der Waals surface area contributed by atoms with Gasteiger partial charge in [-0.3, -0.25) is 9.59 Å². The number of rotatable bonds is 4. The molecule has 2 aromatic rings. The van der Waals surface area contributed by atoms with Gasteiger partial charge in [0, 0.05) is 22.9 Å². The number of amides is 1. The van der Waals surface area contributed by atoms with Crippen molar-refractivity contribution in [2.24, 2.45) is 0 Å². The first-order chi connectivity index (χ1) is 10.2. The number of aliphatic hydroxyl groups excluding tert-OH is 1. The second kappa shape index (κ2) is 7.38. The first kappa shape index (κ1) is 15.0. The third-order valence-corrected chi connectivity index (χ3v) is 3.45. The minimum absolute atomic E-state index is 0.0289. The first-order valence-electron chi connectivity index (χ1n) is 6.20. The molecule has 0 unspecified atom stereocenters. The van der Waals surface area contributed by atoms with Crippen molar-refractivity contribution >= 4 is 17.2 Å². The maximum Gasteiger partial charge on any atom is 0.272 e. The minimum atomic E-state index is -0.367. The molecule has 0 aliphatic rings. The zero-order valence-corrected chi connectivity index (χ0v) is 11.9. The average molecular weight is 303 g/mol. The van der Waals surface area contributed by atoms with Crippen LogP contribution < -0.4 is 10.9 Å². The highest BCUT2D eigenvalue weighted by Gasteiger charge is 2.09. The van der Waals surface area contributed by atoms with E-state index in [2.05, 4.69) is 27.4 Å². The number of hydrogen-bond donors (Lipinski definition) is 3. The van der Waals surface area contributed by atoms with Gasteiger partial charge in [-0.05, 0) is 17.5 Å². The molecule has 0 saturated heterocycles. The lowest BCUT2D eigenvalue weighted by Crippen LogP contribution is -2.25. The van der Waals surface area contributed by atoms with E-state index in [1.54, 1.807) is 0 Å². The Kier molecular flexibility index (Phi) is 5.26. The van der Waals surface area contributed by atoms with Gasteiger partial charge in [-0.2, -0.15) is 5.10 Å². The van der Waals surface area contributed by atoms with Gasteiger partial charge in [0.25, 0.3) is 11.5 Å². The van der Waals surface area contributed by atoms with Gasteiger partial charge < -0.3 is 10.4 Å². The predicted molar refractivity (Wildman–Crippen MR) is 78.9 cm³/mol. The summed E-state index contributed by atoms with van der Waals surface area (Å²) in [7, 11) is 0. The van der Waals surface area contributed by atoms with Gasteiger partial charge in [0.15, 0.2) is 0 Å². The standard InChI is InChI=1S/C14H13N3O3S/c18-7-2-1-3-10-6-8-21-12(10)9-15-14(20)11-4-5-13(19)17-16-11/h4-6,8,18H,2,7,9H2,(H,15,20)(H,17,19). The quantitative estimate of drug-likeness (QED) is 0.717. The van der Waals surface area contributed by atoms with Crippen LogP contribution in [0.25, 0.3) is 0 Å². The molecule has 2 rings (SSSR count). The Morgan fingerprint density at radius 2 is 2.29 bits per heavy atom. The van der Waals surface area contributed by atoms with Gasteiger partial charge in [-0.25, -0.2) is 5.10 Å². The van der Waals surface area contributed by atoms with E-state index >= 15 is 0 Å². The summed E-state index contributed by atoms with van der Waals surface area (Å²) >= 11 is 1.49. The molecule has 0 spiro atoms. The van der Waals surface area contributed by atoms with Gasteiger partial charge in [-0.1, -0.05) is 11.8 Å². The molecule has 2 heterocycles. The van der Waals surface area contributed by atoms with Crippen LogP contribution in [0.1, 0.15) is 27.3 Å². The molecular formula is C14H13N3O3S. The van der Waals surface area contributed by atoms with E-state index in [9.17, 15) is 9.59 Å². The van der Waals surface area contributed by atoms with Gasteiger partial charge in [-0.15, -0.1) is 11.3 Å². The topological polar surface area (TPSA) is 95.1 Å². The second-order valence-corrected chi connectivity index (χ2v) is 5.02. The second-order valence-electron chi connectivity index (χ2n) is 4.02. The van der Waals surface area contributed by atoms with Gasteiger partial charge in [0.2, 0.25) is 0 Å². The fraction of sp³-hybridized carbons (Fsp3) is 0.214. The maximum absolute atomic E-state index is 11.9. The van der Waals surface area contributed by atoms with Crippen molar-refractivity contribution in [3.63, 3.8) is 0 Å². The summed E-state index contributed by atoms with van der Waals surface area (Å²) in [6.45, 7) is 0.363. The summed E-state index contributed by atoms with van der Waals surface area (Å²) in [5, 5.41) is 19.2. The largest absolute Gasteiger partial charge is 0.395 e. The summed E-state index contributed by atoms with van der Waals surface area (Å²) in [5.41, 5.74) is 0.633. The van der Waals surface area contributed by atoms with E-state index in [-0.39, 0.29) is 23.8 Å². The summed E-state index contributed by atoms with van der Waals surface area (Å²) in [6, 6.07) is 4.48. The molecule has 3 N–H and O–H groups in total. The van der Waals surface area contributed by atoms with Crippen molar-refractivity contribution in [1.82, 2.24) is 15.5 Å². The number of aromatic amines is 1. The highest BCUT2D eigenvalue weighted by molar-refractivity contribution is 7.10. The zero-order chi connectivity index (χ0) is 15.1. The third kappa shape index (κ3) is 4.27. The van der Waals surface area contributed by atoms with Gasteiger partial charge >= 0.3 is 0 Å². The van der Waals surface area contributed by atoms with Crippen LogP contribution in [0.2, 0.25) is 0 Å². The van der Waals surface area contributed by atoms with Crippen molar-refractivity contribution in [2.45, 2.75) is 13.0 Å². The average Bonchev–Trinajstić information content (AvgIpc) is 2.93. The van der Waals surface area contributed by atoms with E-state index in [4.69, 9.17) is 5.11 Å². The molecule has 2 aromatic heterocycles. The molecule has 0 saturated carbocycles. The minimum Gasteiger partial charge on any atom is -0.395 e. The smallest absolute Gasteiger partial charge is 0.272 e. The highest BCUT2D eigenvalue weighted by atomic mass is 32.1. The van der Waals surface area contributed by atoms with Crippen LogP contribution in [0.15, 0.2) is 28.4 Å². The summed E-state index contributed by atoms with van der Waals surface area (Å²) in [6.07, 6.45) is 0.420. The monoisotopic (exact) mass is 303 g/mol. The van der Waals surface area contributed by atoms with Crippen LogP contribution in [-0.4, -0.2) is 27.8 Å². The summed E-state index contributed by atoms with van der Waals surface area (Å²) in [4.78, 5) is 23.7. The van der Waals surface area contributed by atoms with Crippen molar-refractivity contribution in [3.8, 4) is 11.8 Å². The predicted octanol–water partition coefficient (Wildman–Crippen LogP) is 0.495. The number of hydrogen-bond acceptors (Lipinski definition) is 5. The molecule has 0 aliphatic carbocycles. The third-order valence-electron chi connectivity index (χ3n) is 2.53. The van der Waals surface area contributed by atoms with Crippen LogP contribution in [0, 0.1) is 11.8 Å². The van der Waals surface area contributed by atoms with Crippen LogP contribution in [-0.2, 0) is 6.54 Å². The molecule has 0 aliphatic heterocycles. The van der Waals surface area contributed by atoms with Crippen LogP contribution >= 0.6 is 11.3 Å². The molecule has 0 atom stereocenters. The number of carbonyl (C=O) groups is 1. The molecule has 0 bridgehead atoms. The van der Waals surface area contributed by atoms with Gasteiger partial charge in [0.05, 0.1) is 13.2 Å². The molecule has 6 nitrogen and oxygen atoms in total. The SMILES string of the molecule is O=C(NCc1sccc1C#CCCO)c1ccc(=O)[nH]n1. The Labute approximate surface area is 124 Å². The van der Waals surface area contributed by atoms with Crippen molar-refractivity contribution in [3.05, 3.63) is 50.1 Å². The van der Waals surface area contributed by atoms with E-state index in [0.29, 0.717) is 13.0 Å². The lowest BCUT2D eigenvalue weighted by Gasteiger charge is -2.03. The van der Waals surface area contributed by atoms with E-state index in [1.165, 1.54) is 23.5 Å². The molecule has 108 valence electrons. The van der Waals surface area contributed by atoms with E-state index in [0.717, 1.165) is 10.4 Å². The Morgan fingerprint density at radius 3 is 3.00 bits per heavy atom. The number of thiophene rings is 1. The van der Waals surface area contributed by atoms with Crippen molar-refractivity contribution in [2.75, 3.05) is 6.61 Å². The van der Waals surface area contributed by atoms with E-state index in [1.807, 2.05) is 11.4 Å².